The van der Waals surface area contributed by atoms with Gasteiger partial charge in [-0.1, -0.05) is 18.2 Å². The van der Waals surface area contributed by atoms with E-state index >= 15 is 0 Å². The zero-order valence-electron chi connectivity index (χ0n) is 25.3. The minimum Gasteiger partial charge on any atom is -0.414 e. The third-order valence-electron chi connectivity index (χ3n) is 6.47. The fourth-order valence-corrected chi connectivity index (χ4v) is 3.93. The van der Waals surface area contributed by atoms with Gasteiger partial charge in [-0.05, 0) is 31.4 Å². The molecule has 250 valence electrons. The van der Waals surface area contributed by atoms with E-state index in [1.54, 1.807) is 24.3 Å². The maximum atomic E-state index is 12.2. The Labute approximate surface area is 292 Å². The van der Waals surface area contributed by atoms with Gasteiger partial charge in [-0.2, -0.15) is 6.61 Å². The van der Waals surface area contributed by atoms with Crippen LogP contribution in [0.2, 0.25) is 0 Å². The van der Waals surface area contributed by atoms with Gasteiger partial charge in [0.05, 0.1) is 20.0 Å². The molecule has 1 aromatic rings. The number of rotatable bonds is 11. The first-order valence-corrected chi connectivity index (χ1v) is 13.8. The summed E-state index contributed by atoms with van der Waals surface area (Å²) < 4.78 is 5.07. The molecule has 1 aliphatic heterocycles. The van der Waals surface area contributed by atoms with Crippen molar-refractivity contribution in [1.29, 1.82) is 0 Å². The Balaban J connectivity index is 0. The second-order valence-electron chi connectivity index (χ2n) is 9.40. The van der Waals surface area contributed by atoms with Crippen LogP contribution >= 0.6 is 0 Å². The van der Waals surface area contributed by atoms with Crippen LogP contribution in [-0.2, 0) is 24.0 Å². The molecule has 1 saturated heterocycles. The van der Waals surface area contributed by atoms with E-state index in [2.05, 4.69) is 32.0 Å². The molecule has 1 unspecified atom stereocenters. The Morgan fingerprint density at radius 3 is 1.91 bits per heavy atom. The number of aliphatic hydroxyl groups excluding tert-OH is 2. The monoisotopic (exact) mass is 766 g/mol. The van der Waals surface area contributed by atoms with Crippen LogP contribution in [0.3, 0.4) is 0 Å². The van der Waals surface area contributed by atoms with Crippen molar-refractivity contribution in [3.05, 3.63) is 42.5 Å². The molecule has 0 saturated carbocycles. The molecule has 14 nitrogen and oxygen atoms in total. The number of hydrogen-bond acceptors (Lipinski definition) is 13. The fourth-order valence-electron chi connectivity index (χ4n) is 3.93. The Bertz CT molecular complexity index is 937. The summed E-state index contributed by atoms with van der Waals surface area (Å²) in [7, 11) is 0. The normalized spacial score (nSPS) is 15.9. The molecule has 1 heterocycles. The summed E-state index contributed by atoms with van der Waals surface area (Å²) in [6.45, 7) is 12.8. The second-order valence-corrected chi connectivity index (χ2v) is 9.40. The van der Waals surface area contributed by atoms with Gasteiger partial charge in [0.15, 0.2) is 0 Å². The molecule has 1 amide bonds. The van der Waals surface area contributed by atoms with E-state index in [1.165, 1.54) is 6.61 Å². The van der Waals surface area contributed by atoms with Crippen LogP contribution in [0.4, 0.5) is 0 Å². The largest absolute Gasteiger partial charge is 0.414 e. The number of ether oxygens (including phenoxy) is 1. The summed E-state index contributed by atoms with van der Waals surface area (Å²) >= 11 is 0. The minimum atomic E-state index is -0.456. The van der Waals surface area contributed by atoms with E-state index in [4.69, 9.17) is 19.6 Å². The quantitative estimate of drug-likeness (QED) is 0.0748. The zero-order chi connectivity index (χ0) is 32.3. The van der Waals surface area contributed by atoms with Crippen molar-refractivity contribution in [2.45, 2.75) is 25.8 Å². The number of carbonyl (C=O) groups is 4. The molecular formula is C29H46GdN5O9-. The van der Waals surface area contributed by atoms with Crippen LogP contribution in [0, 0.1) is 58.6 Å². The van der Waals surface area contributed by atoms with Crippen molar-refractivity contribution in [3.63, 3.8) is 0 Å². The van der Waals surface area contributed by atoms with Gasteiger partial charge in [-0.15, -0.1) is 6.54 Å². The molecule has 0 aliphatic carbocycles. The van der Waals surface area contributed by atoms with Gasteiger partial charge in [-0.25, -0.2) is 0 Å². The number of benzene rings is 1. The summed E-state index contributed by atoms with van der Waals surface area (Å²) in [5, 5.41) is 30.9. The number of nitrogens with one attached hydrogen (secondary N) is 1. The first-order chi connectivity index (χ1) is 20.9. The standard InChI is InChI=1S/C27H42N5O7.2CH2O.Gd/c1-24(28-27(36)25-6-3-2-4-7-25)8-9-26(35)38-20-5-10-29-11-12-30(19-21-39-37)14-16-32(23-34)18-17-31(22-33)15-13-29;2*1-2;/h2-4,6-7,21,24,33-34,37H,8-19,22-23H2,1H3,(H,28,36);2*1H2;/q-1;;;. The summed E-state index contributed by atoms with van der Waals surface area (Å²) in [6.07, 6.45) is 3.05. The van der Waals surface area contributed by atoms with Gasteiger partial charge in [0.2, 0.25) is 0 Å². The van der Waals surface area contributed by atoms with E-state index in [9.17, 15) is 19.8 Å². The number of nitrogens with zero attached hydrogens (tertiary/aromatic N) is 4. The van der Waals surface area contributed by atoms with E-state index in [1.807, 2.05) is 36.4 Å². The number of hydrogen-bond donors (Lipinski definition) is 4. The van der Waals surface area contributed by atoms with Crippen LogP contribution < -0.4 is 5.32 Å². The SMILES string of the molecule is C=O.C=O.CC(CCC(=O)OC#CCN1CCN(CO)CCN(CO)CCN(C[CH-]OO)CC1)NC(=O)c1ccccc1.[Gd]. The van der Waals surface area contributed by atoms with Crippen LogP contribution in [0.1, 0.15) is 30.1 Å². The van der Waals surface area contributed by atoms with Crippen molar-refractivity contribution < 1.29 is 84.2 Å². The van der Waals surface area contributed by atoms with E-state index < -0.39 is 5.97 Å². The van der Waals surface area contributed by atoms with Crippen molar-refractivity contribution in [1.82, 2.24) is 24.9 Å². The topological polar surface area (TPSA) is 172 Å². The average Bonchev–Trinajstić information content (AvgIpc) is 3.05. The van der Waals surface area contributed by atoms with Crippen LogP contribution in [0.15, 0.2) is 30.3 Å². The Morgan fingerprint density at radius 1 is 0.909 bits per heavy atom. The van der Waals surface area contributed by atoms with Crippen LogP contribution in [0.25, 0.3) is 0 Å². The maximum Gasteiger partial charge on any atom is 0.319 e. The molecule has 1 fully saturated rings. The van der Waals surface area contributed by atoms with E-state index in [0.717, 1.165) is 0 Å². The molecule has 1 aliphatic rings. The van der Waals surface area contributed by atoms with Gasteiger partial charge in [0.1, 0.15) is 19.7 Å². The predicted molar refractivity (Wildman–Crippen MR) is 159 cm³/mol. The van der Waals surface area contributed by atoms with Gasteiger partial charge in [0.25, 0.3) is 5.91 Å². The van der Waals surface area contributed by atoms with Gasteiger partial charge >= 0.3 is 5.97 Å². The molecule has 44 heavy (non-hydrogen) atoms. The van der Waals surface area contributed by atoms with Crippen LogP contribution in [0.5, 0.6) is 0 Å². The summed E-state index contributed by atoms with van der Waals surface area (Å²) in [4.78, 5) is 52.5. The Hall–Kier alpha value is -1.94. The van der Waals surface area contributed by atoms with Gasteiger partial charge in [0, 0.05) is 110 Å². The molecule has 4 N–H and O–H groups in total. The smallest absolute Gasteiger partial charge is 0.319 e. The molecular weight excluding hydrogens is 720 g/mol. The van der Waals surface area contributed by atoms with Crippen molar-refractivity contribution in [2.24, 2.45) is 0 Å². The summed E-state index contributed by atoms with van der Waals surface area (Å²) in [6, 6.07) is 8.70. The molecule has 1 atom stereocenters. The number of amides is 1. The maximum absolute atomic E-state index is 12.2. The fraction of sp³-hybridized carbons (Fsp3) is 0.552. The van der Waals surface area contributed by atoms with Crippen molar-refractivity contribution >= 4 is 25.5 Å². The molecule has 0 aromatic heterocycles. The first kappa shape index (κ1) is 44.2. The van der Waals surface area contributed by atoms with Crippen LogP contribution in [-0.4, -0.2) is 145 Å². The number of esters is 1. The predicted octanol–water partition coefficient (Wildman–Crippen LogP) is -0.508. The van der Waals surface area contributed by atoms with Crippen molar-refractivity contribution in [2.75, 3.05) is 78.9 Å². The molecule has 15 heteroatoms. The minimum absolute atomic E-state index is 0. The Kier molecular flexibility index (Phi) is 29.9. The first-order valence-electron chi connectivity index (χ1n) is 13.8. The molecule has 0 radical (unpaired) electrons. The number of aliphatic hydroxyl groups is 2. The van der Waals surface area contributed by atoms with Gasteiger partial charge in [-0.3, -0.25) is 29.5 Å². The average molecular weight is 766 g/mol. The summed E-state index contributed by atoms with van der Waals surface area (Å²) in [5.74, 6) is 2.25. The van der Waals surface area contributed by atoms with Gasteiger partial charge < -0.3 is 39.6 Å². The van der Waals surface area contributed by atoms with E-state index in [-0.39, 0.29) is 71.8 Å². The molecule has 1 aromatic carbocycles. The molecule has 0 bridgehead atoms. The third-order valence-corrected chi connectivity index (χ3v) is 6.47. The Morgan fingerprint density at radius 2 is 1.41 bits per heavy atom. The zero-order valence-corrected chi connectivity index (χ0v) is 27.6. The van der Waals surface area contributed by atoms with E-state index in [0.29, 0.717) is 77.4 Å². The van der Waals surface area contributed by atoms with Crippen molar-refractivity contribution in [3.8, 4) is 12.0 Å². The molecule has 0 spiro atoms. The summed E-state index contributed by atoms with van der Waals surface area (Å²) in [5.41, 5.74) is 0.566. The second kappa shape index (κ2) is 29.8. The number of carbonyl (C=O) groups excluding carboxylic acids is 4. The molecule has 2 rings (SSSR count). The third kappa shape index (κ3) is 20.9.